The summed E-state index contributed by atoms with van der Waals surface area (Å²) in [6.07, 6.45) is 0. The molecular formula is C40H54I6N6O16S. The third kappa shape index (κ3) is 16.8. The van der Waals surface area contributed by atoms with Crippen molar-refractivity contribution in [3.8, 4) is 0 Å². The van der Waals surface area contributed by atoms with Crippen LogP contribution in [0.4, 0.5) is 11.4 Å². The molecule has 0 heterocycles. The fourth-order valence-corrected chi connectivity index (χ4v) is 16.9. The van der Waals surface area contributed by atoms with E-state index in [0.717, 1.165) is 0 Å². The van der Waals surface area contributed by atoms with Crippen molar-refractivity contribution in [2.24, 2.45) is 0 Å². The number of nitrogens with zero attached hydrogens (tertiary/aromatic N) is 6. The van der Waals surface area contributed by atoms with E-state index < -0.39 is 102 Å². The lowest BCUT2D eigenvalue weighted by Gasteiger charge is -2.31. The van der Waals surface area contributed by atoms with Crippen LogP contribution in [0.2, 0.25) is 0 Å². The van der Waals surface area contributed by atoms with Crippen molar-refractivity contribution >= 4 is 194 Å². The normalized spacial score (nSPS) is 11.1. The average molecular weight is 1670 g/mol. The lowest BCUT2D eigenvalue weighted by Crippen LogP contribution is -2.42. The van der Waals surface area contributed by atoms with Crippen molar-refractivity contribution in [3.05, 3.63) is 43.7 Å². The van der Waals surface area contributed by atoms with Crippen LogP contribution < -0.4 is 9.80 Å². The van der Waals surface area contributed by atoms with Crippen LogP contribution in [0.3, 0.4) is 0 Å². The summed E-state index contributed by atoms with van der Waals surface area (Å²) >= 11 is 12.3. The van der Waals surface area contributed by atoms with Gasteiger partial charge in [0.25, 0.3) is 35.4 Å². The molecule has 0 atom stereocenters. The molecule has 0 saturated heterocycles. The first-order chi connectivity index (χ1) is 32.9. The molecule has 6 amide bonds. The predicted octanol–water partition coefficient (Wildman–Crippen LogP) is -0.895. The van der Waals surface area contributed by atoms with Gasteiger partial charge in [-0.2, -0.15) is 11.8 Å². The van der Waals surface area contributed by atoms with E-state index in [4.69, 9.17) is 0 Å². The van der Waals surface area contributed by atoms with E-state index >= 15 is 0 Å². The first-order valence-corrected chi connectivity index (χ1v) is 28.4. The summed E-state index contributed by atoms with van der Waals surface area (Å²) in [5.74, 6) is -4.19. The first-order valence-electron chi connectivity index (χ1n) is 20.8. The topological polar surface area (TPSA) is 324 Å². The Morgan fingerprint density at radius 3 is 0.710 bits per heavy atom. The van der Waals surface area contributed by atoms with Crippen molar-refractivity contribution in [2.75, 3.05) is 153 Å². The summed E-state index contributed by atoms with van der Waals surface area (Å²) in [6.45, 7) is -7.44. The number of halogens is 6. The molecule has 388 valence electrons. The number of carbonyl (C=O) groups excluding carboxylic acids is 6. The molecule has 0 radical (unpaired) electrons. The fourth-order valence-electron chi connectivity index (χ4n) is 6.69. The molecule has 0 unspecified atom stereocenters. The quantitative estimate of drug-likeness (QED) is 0.0335. The Labute approximate surface area is 484 Å². The highest BCUT2D eigenvalue weighted by Gasteiger charge is 2.37. The van der Waals surface area contributed by atoms with E-state index in [1.54, 1.807) is 0 Å². The first kappa shape index (κ1) is 64.7. The highest BCUT2D eigenvalue weighted by molar-refractivity contribution is 14.1. The number of rotatable bonds is 30. The van der Waals surface area contributed by atoms with Gasteiger partial charge in [-0.1, -0.05) is 0 Å². The molecule has 29 heteroatoms. The standard InChI is InChI=1S/C40H54I6N6O16S/c41-29-25(37(65)47(1-11-53)2-12-54)31(43)35(32(44)26(29)38(66)48(3-13-55)4-14-56)51(23(63)21-61)9-19-69-20-10-52(24(64)22-62)36-33(45)27(39(67)49(5-15-57)6-16-58)30(42)28(34(36)46)40(68)50(7-17-59)8-18-60/h53-62H,1-22H2. The maximum absolute atomic E-state index is 14.2. The maximum Gasteiger partial charge on any atom is 0.256 e. The molecule has 2 aromatic carbocycles. The minimum Gasteiger partial charge on any atom is -0.395 e. The van der Waals surface area contributed by atoms with Gasteiger partial charge in [0.05, 0.1) is 101 Å². The van der Waals surface area contributed by atoms with Gasteiger partial charge in [0.15, 0.2) is 0 Å². The van der Waals surface area contributed by atoms with E-state index in [-0.39, 0.29) is 132 Å². The van der Waals surface area contributed by atoms with Gasteiger partial charge in [-0.3, -0.25) is 28.8 Å². The number of carbonyl (C=O) groups is 6. The molecule has 0 aliphatic carbocycles. The largest absolute Gasteiger partial charge is 0.395 e. The van der Waals surface area contributed by atoms with Crippen LogP contribution in [0, 0.1) is 21.4 Å². The molecule has 0 aromatic heterocycles. The lowest BCUT2D eigenvalue weighted by molar-refractivity contribution is -0.121. The van der Waals surface area contributed by atoms with Crippen molar-refractivity contribution in [1.29, 1.82) is 0 Å². The Balaban J connectivity index is 2.81. The lowest BCUT2D eigenvalue weighted by atomic mass is 10.1. The Hall–Kier alpha value is -0.410. The molecule has 0 aliphatic heterocycles. The molecule has 0 aliphatic rings. The Kier molecular flexibility index (Phi) is 31.4. The number of thioether (sulfide) groups is 1. The van der Waals surface area contributed by atoms with Crippen molar-refractivity contribution in [2.45, 2.75) is 0 Å². The number of benzene rings is 2. The molecule has 22 nitrogen and oxygen atoms in total. The summed E-state index contributed by atoms with van der Waals surface area (Å²) in [5, 5.41) is 98.6. The summed E-state index contributed by atoms with van der Waals surface area (Å²) < 4.78 is 1.08. The van der Waals surface area contributed by atoms with Gasteiger partial charge in [-0.25, -0.2) is 0 Å². The van der Waals surface area contributed by atoms with Gasteiger partial charge in [0, 0.05) is 84.1 Å². The van der Waals surface area contributed by atoms with Crippen LogP contribution in [-0.2, 0) is 9.59 Å². The minimum absolute atomic E-state index is 0.0459. The second-order valence-electron chi connectivity index (χ2n) is 14.1. The Morgan fingerprint density at radius 2 is 0.536 bits per heavy atom. The second-order valence-corrected chi connectivity index (χ2v) is 21.8. The zero-order chi connectivity index (χ0) is 52.1. The Morgan fingerprint density at radius 1 is 0.333 bits per heavy atom. The third-order valence-corrected chi connectivity index (χ3v) is 17.2. The third-order valence-electron chi connectivity index (χ3n) is 9.88. The molecule has 69 heavy (non-hydrogen) atoms. The number of anilines is 2. The van der Waals surface area contributed by atoms with Crippen molar-refractivity contribution < 1.29 is 79.8 Å². The predicted molar refractivity (Wildman–Crippen MR) is 306 cm³/mol. The zero-order valence-corrected chi connectivity index (χ0v) is 50.6. The molecule has 0 fully saturated rings. The number of hydrogen-bond acceptors (Lipinski definition) is 17. The number of aliphatic hydroxyl groups excluding tert-OH is 10. The van der Waals surface area contributed by atoms with Gasteiger partial charge in [0.1, 0.15) is 13.2 Å². The molecular weight excluding hydrogens is 1610 g/mol. The van der Waals surface area contributed by atoms with E-state index in [1.807, 2.05) is 136 Å². The molecule has 0 saturated carbocycles. The number of aliphatic hydroxyl groups is 10. The van der Waals surface area contributed by atoms with Gasteiger partial charge in [0.2, 0.25) is 0 Å². The summed E-state index contributed by atoms with van der Waals surface area (Å²) in [6, 6.07) is 0. The highest BCUT2D eigenvalue weighted by Crippen LogP contribution is 2.41. The van der Waals surface area contributed by atoms with Crippen LogP contribution in [0.15, 0.2) is 0 Å². The molecule has 0 spiro atoms. The molecule has 0 bridgehead atoms. The summed E-state index contributed by atoms with van der Waals surface area (Å²) in [7, 11) is 0. The summed E-state index contributed by atoms with van der Waals surface area (Å²) in [5.41, 5.74) is -0.0330. The molecule has 2 rings (SSSR count). The van der Waals surface area contributed by atoms with E-state index in [0.29, 0.717) is 0 Å². The van der Waals surface area contributed by atoms with E-state index in [9.17, 15) is 79.8 Å². The zero-order valence-electron chi connectivity index (χ0n) is 36.8. The van der Waals surface area contributed by atoms with Crippen molar-refractivity contribution in [1.82, 2.24) is 19.6 Å². The van der Waals surface area contributed by atoms with Gasteiger partial charge in [-0.15, -0.1) is 0 Å². The average Bonchev–Trinajstić information content (AvgIpc) is 3.31. The van der Waals surface area contributed by atoms with Crippen LogP contribution in [0.5, 0.6) is 0 Å². The Bertz CT molecular complexity index is 1840. The van der Waals surface area contributed by atoms with Crippen LogP contribution in [0.1, 0.15) is 41.4 Å². The maximum atomic E-state index is 14.2. The van der Waals surface area contributed by atoms with E-state index in [1.165, 1.54) is 41.2 Å². The van der Waals surface area contributed by atoms with Gasteiger partial charge in [-0.05, 0) is 136 Å². The van der Waals surface area contributed by atoms with Gasteiger partial charge < -0.3 is 80.5 Å². The number of hydrogen-bond donors (Lipinski definition) is 10. The monoisotopic (exact) mass is 1670 g/mol. The van der Waals surface area contributed by atoms with Crippen LogP contribution in [-0.4, -0.2) is 249 Å². The minimum atomic E-state index is -0.996. The number of amides is 6. The van der Waals surface area contributed by atoms with Crippen LogP contribution in [0.25, 0.3) is 0 Å². The molecule has 10 N–H and O–H groups in total. The van der Waals surface area contributed by atoms with E-state index in [2.05, 4.69) is 0 Å². The molecule has 2 aromatic rings. The fraction of sp³-hybridized carbons (Fsp3) is 0.550. The SMILES string of the molecule is O=C(c1c(I)c(C(=O)N(CCO)CCO)c(I)c(N(CCSCCN(C(=O)CO)c2c(I)c(C(=O)N(CCO)CCO)c(I)c(C(=O)N(CCO)CCO)c2I)C(=O)CO)c1I)N(CCO)CCO. The highest BCUT2D eigenvalue weighted by atomic mass is 127. The smallest absolute Gasteiger partial charge is 0.256 e. The second kappa shape index (κ2) is 33.5. The van der Waals surface area contributed by atoms with Gasteiger partial charge >= 0.3 is 0 Å². The van der Waals surface area contributed by atoms with Crippen molar-refractivity contribution in [3.63, 3.8) is 0 Å². The summed E-state index contributed by atoms with van der Waals surface area (Å²) in [4.78, 5) is 91.3. The van der Waals surface area contributed by atoms with Crippen LogP contribution >= 0.6 is 147 Å².